The molecule has 0 amide bonds. The molecule has 0 N–H and O–H groups in total. The van der Waals surface area contributed by atoms with Gasteiger partial charge in [0.05, 0.1) is 0 Å². The lowest BCUT2D eigenvalue weighted by Gasteiger charge is -2.27. The Kier molecular flexibility index (Phi) is 7.82. The first-order valence-corrected chi connectivity index (χ1v) is 18.0. The van der Waals surface area contributed by atoms with E-state index in [2.05, 4.69) is 195 Å². The fraction of sp³-hybridized carbons (Fsp3) is 0.0800. The Bertz CT molecular complexity index is 2610. The maximum absolute atomic E-state index is 2.47. The minimum atomic E-state index is 1.05. The first-order chi connectivity index (χ1) is 25.1. The lowest BCUT2D eigenvalue weighted by molar-refractivity contribution is 1.04. The summed E-state index contributed by atoms with van der Waals surface area (Å²) in [5.74, 6) is 0. The summed E-state index contributed by atoms with van der Waals surface area (Å²) < 4.78 is 0. The van der Waals surface area contributed by atoms with Crippen molar-refractivity contribution in [1.29, 1.82) is 0 Å². The minimum absolute atomic E-state index is 1.05. The van der Waals surface area contributed by atoms with Crippen molar-refractivity contribution in [2.75, 3.05) is 4.90 Å². The number of allylic oxidation sites excluding steroid dienone is 4. The van der Waals surface area contributed by atoms with Crippen molar-refractivity contribution in [2.24, 2.45) is 0 Å². The molecule has 0 aromatic heterocycles. The predicted molar refractivity (Wildman–Crippen MR) is 220 cm³/mol. The number of aryl methyl sites for hydroxylation is 2. The van der Waals surface area contributed by atoms with Crippen LogP contribution in [0, 0.1) is 13.8 Å². The third kappa shape index (κ3) is 5.52. The van der Waals surface area contributed by atoms with Gasteiger partial charge in [0, 0.05) is 17.1 Å². The van der Waals surface area contributed by atoms with Gasteiger partial charge in [0.25, 0.3) is 0 Å². The molecule has 0 saturated carbocycles. The van der Waals surface area contributed by atoms with Crippen LogP contribution in [0.3, 0.4) is 0 Å². The summed E-state index contributed by atoms with van der Waals surface area (Å²) in [5.41, 5.74) is 13.5. The van der Waals surface area contributed by atoms with Crippen molar-refractivity contribution in [2.45, 2.75) is 26.7 Å². The number of hydrogen-bond acceptors (Lipinski definition) is 1. The summed E-state index contributed by atoms with van der Waals surface area (Å²) in [6, 6.07) is 58.1. The first kappa shape index (κ1) is 30.8. The summed E-state index contributed by atoms with van der Waals surface area (Å²) in [5, 5.41) is 7.75. The molecular formula is C50H39N. The summed E-state index contributed by atoms with van der Waals surface area (Å²) >= 11 is 0. The van der Waals surface area contributed by atoms with Crippen molar-refractivity contribution in [3.8, 4) is 22.3 Å². The summed E-state index contributed by atoms with van der Waals surface area (Å²) in [6.45, 7) is 4.35. The van der Waals surface area contributed by atoms with Gasteiger partial charge in [-0.25, -0.2) is 0 Å². The van der Waals surface area contributed by atoms with Crippen LogP contribution in [0.4, 0.5) is 17.1 Å². The van der Waals surface area contributed by atoms with Crippen LogP contribution in [0.15, 0.2) is 176 Å². The van der Waals surface area contributed by atoms with Crippen LogP contribution in [0.1, 0.15) is 29.5 Å². The number of rotatable bonds is 6. The molecule has 1 heteroatoms. The zero-order valence-corrected chi connectivity index (χ0v) is 29.1. The second-order valence-corrected chi connectivity index (χ2v) is 13.8. The number of nitrogens with zero attached hydrogens (tertiary/aromatic N) is 1. The SMILES string of the molecule is Cc1cc(C)cc(N(c2ccccc2)c2ccc(-c3cc(C4=CCCC=C4)c(-c4ccccc4)c4c5ccccc5c5ccccc5c34)cc2)c1. The van der Waals surface area contributed by atoms with E-state index in [1.807, 2.05) is 0 Å². The van der Waals surface area contributed by atoms with E-state index in [1.165, 1.54) is 82.5 Å². The molecule has 0 heterocycles. The summed E-state index contributed by atoms with van der Waals surface area (Å²) in [7, 11) is 0. The lowest BCUT2D eigenvalue weighted by Crippen LogP contribution is -2.10. The van der Waals surface area contributed by atoms with Crippen molar-refractivity contribution in [1.82, 2.24) is 0 Å². The molecule has 1 aliphatic carbocycles. The first-order valence-electron chi connectivity index (χ1n) is 18.0. The van der Waals surface area contributed by atoms with E-state index in [4.69, 9.17) is 0 Å². The maximum atomic E-state index is 2.47. The van der Waals surface area contributed by atoms with Gasteiger partial charge in [-0.05, 0) is 146 Å². The third-order valence-corrected chi connectivity index (χ3v) is 10.3. The van der Waals surface area contributed by atoms with E-state index in [0.29, 0.717) is 0 Å². The Labute approximate surface area is 300 Å². The Morgan fingerprint density at radius 3 is 1.63 bits per heavy atom. The van der Waals surface area contributed by atoms with Gasteiger partial charge in [0.2, 0.25) is 0 Å². The fourth-order valence-corrected chi connectivity index (χ4v) is 8.17. The van der Waals surface area contributed by atoms with Crippen LogP contribution in [-0.4, -0.2) is 0 Å². The molecule has 8 aromatic carbocycles. The van der Waals surface area contributed by atoms with E-state index in [-0.39, 0.29) is 0 Å². The van der Waals surface area contributed by atoms with Crippen molar-refractivity contribution in [3.05, 3.63) is 193 Å². The molecule has 51 heavy (non-hydrogen) atoms. The Morgan fingerprint density at radius 1 is 0.431 bits per heavy atom. The predicted octanol–water partition coefficient (Wildman–Crippen LogP) is 14.3. The molecule has 0 aliphatic heterocycles. The molecule has 0 fully saturated rings. The summed E-state index contributed by atoms with van der Waals surface area (Å²) in [4.78, 5) is 2.37. The monoisotopic (exact) mass is 653 g/mol. The van der Waals surface area contributed by atoms with Crippen LogP contribution in [-0.2, 0) is 0 Å². The van der Waals surface area contributed by atoms with Crippen molar-refractivity contribution in [3.63, 3.8) is 0 Å². The molecule has 244 valence electrons. The van der Waals surface area contributed by atoms with Crippen LogP contribution < -0.4 is 4.90 Å². The van der Waals surface area contributed by atoms with Crippen molar-refractivity contribution < 1.29 is 0 Å². The van der Waals surface area contributed by atoms with E-state index in [1.54, 1.807) is 0 Å². The lowest BCUT2D eigenvalue weighted by atomic mass is 9.80. The topological polar surface area (TPSA) is 3.24 Å². The molecule has 0 unspecified atom stereocenters. The van der Waals surface area contributed by atoms with E-state index < -0.39 is 0 Å². The minimum Gasteiger partial charge on any atom is -0.310 e. The quantitative estimate of drug-likeness (QED) is 0.161. The Balaban J connectivity index is 1.35. The van der Waals surface area contributed by atoms with Gasteiger partial charge in [-0.15, -0.1) is 0 Å². The molecule has 1 nitrogen and oxygen atoms in total. The number of hydrogen-bond donors (Lipinski definition) is 0. The second-order valence-electron chi connectivity index (χ2n) is 13.8. The molecule has 0 radical (unpaired) electrons. The van der Waals surface area contributed by atoms with E-state index >= 15 is 0 Å². The number of benzene rings is 8. The normalized spacial score (nSPS) is 12.8. The van der Waals surface area contributed by atoms with Gasteiger partial charge >= 0.3 is 0 Å². The van der Waals surface area contributed by atoms with Gasteiger partial charge in [-0.3, -0.25) is 0 Å². The average Bonchev–Trinajstić information content (AvgIpc) is 3.18. The number of anilines is 3. The van der Waals surface area contributed by atoms with Gasteiger partial charge in [0.1, 0.15) is 0 Å². The highest BCUT2D eigenvalue weighted by Crippen LogP contribution is 2.48. The van der Waals surface area contributed by atoms with Crippen LogP contribution >= 0.6 is 0 Å². The highest BCUT2D eigenvalue weighted by atomic mass is 15.1. The number of para-hydroxylation sites is 1. The average molecular weight is 654 g/mol. The Morgan fingerprint density at radius 2 is 1.00 bits per heavy atom. The smallest absolute Gasteiger partial charge is 0.0466 e. The molecule has 8 aromatic rings. The molecular weight excluding hydrogens is 615 g/mol. The highest BCUT2D eigenvalue weighted by molar-refractivity contribution is 6.32. The van der Waals surface area contributed by atoms with Crippen LogP contribution in [0.2, 0.25) is 0 Å². The zero-order valence-electron chi connectivity index (χ0n) is 29.1. The molecule has 0 spiro atoms. The third-order valence-electron chi connectivity index (χ3n) is 10.3. The van der Waals surface area contributed by atoms with E-state index in [0.717, 1.165) is 24.2 Å². The molecule has 0 saturated heterocycles. The summed E-state index contributed by atoms with van der Waals surface area (Å²) in [6.07, 6.45) is 9.21. The van der Waals surface area contributed by atoms with Crippen molar-refractivity contribution >= 4 is 55.0 Å². The fourth-order valence-electron chi connectivity index (χ4n) is 8.17. The van der Waals surface area contributed by atoms with Gasteiger partial charge in [-0.1, -0.05) is 133 Å². The molecule has 0 bridgehead atoms. The Hall–Kier alpha value is -6.18. The van der Waals surface area contributed by atoms with Gasteiger partial charge in [0.15, 0.2) is 0 Å². The molecule has 1 aliphatic rings. The second kappa shape index (κ2) is 12.9. The van der Waals surface area contributed by atoms with Crippen LogP contribution in [0.5, 0.6) is 0 Å². The van der Waals surface area contributed by atoms with Gasteiger partial charge < -0.3 is 4.90 Å². The van der Waals surface area contributed by atoms with Crippen LogP contribution in [0.25, 0.3) is 60.1 Å². The van der Waals surface area contributed by atoms with E-state index in [9.17, 15) is 0 Å². The maximum Gasteiger partial charge on any atom is 0.0466 e. The molecule has 9 rings (SSSR count). The number of fused-ring (bicyclic) bond motifs is 6. The standard InChI is InChI=1S/C50H39N/c1-34-30-35(2)32-41(31-34)51(39-20-10-5-11-21-39)40-28-26-37(27-29-40)47-33-46(36-16-6-3-7-17-36)48(38-18-8-4-9-19-38)50-45-25-15-13-23-43(45)42-22-12-14-24-44(42)49(47)50/h4-6,8-33H,3,7H2,1-2H3. The molecule has 0 atom stereocenters. The highest BCUT2D eigenvalue weighted by Gasteiger charge is 2.22. The zero-order chi connectivity index (χ0) is 34.3. The largest absolute Gasteiger partial charge is 0.310 e. The van der Waals surface area contributed by atoms with Gasteiger partial charge in [-0.2, -0.15) is 0 Å².